The van der Waals surface area contributed by atoms with Gasteiger partial charge in [0.1, 0.15) is 5.82 Å². The molecule has 6 heteroatoms. The van der Waals surface area contributed by atoms with Crippen molar-refractivity contribution in [3.8, 4) is 0 Å². The zero-order valence-corrected chi connectivity index (χ0v) is 14.1. The van der Waals surface area contributed by atoms with Gasteiger partial charge in [0.15, 0.2) is 0 Å². The number of aliphatic hydroxyl groups is 1. The number of amides is 1. The number of rotatable bonds is 2. The average molecular weight is 359 g/mol. The molecule has 0 fully saturated rings. The molecular formula is C19H16ClFN2O2. The number of para-hydroxylation sites is 1. The molecule has 1 aliphatic rings. The number of fused-ring (bicyclic) bond motifs is 3. The summed E-state index contributed by atoms with van der Waals surface area (Å²) in [5.41, 5.74) is 2.84. The van der Waals surface area contributed by atoms with E-state index in [9.17, 15) is 14.3 Å². The van der Waals surface area contributed by atoms with E-state index >= 15 is 0 Å². The zero-order valence-electron chi connectivity index (χ0n) is 13.3. The number of aromatic amines is 1. The Morgan fingerprint density at radius 2 is 2.08 bits per heavy atom. The van der Waals surface area contributed by atoms with Crippen molar-refractivity contribution in [1.82, 2.24) is 9.88 Å². The summed E-state index contributed by atoms with van der Waals surface area (Å²) in [4.78, 5) is 17.7. The SMILES string of the molecule is O=C(c1c(F)cccc1Cl)N1Cc2[nH]c3ccccc3c2CC1CO. The molecule has 3 aromatic rings. The molecule has 0 saturated heterocycles. The first kappa shape index (κ1) is 16.1. The maximum absolute atomic E-state index is 14.1. The lowest BCUT2D eigenvalue weighted by atomic mass is 9.96. The summed E-state index contributed by atoms with van der Waals surface area (Å²) in [5.74, 6) is -1.16. The fourth-order valence-corrected chi connectivity index (χ4v) is 3.76. The summed E-state index contributed by atoms with van der Waals surface area (Å²) >= 11 is 6.04. The Hall–Kier alpha value is -2.37. The number of carbonyl (C=O) groups excluding carboxylic acids is 1. The fraction of sp³-hybridized carbons (Fsp3) is 0.211. The third kappa shape index (κ3) is 2.60. The number of aliphatic hydroxyl groups excluding tert-OH is 1. The van der Waals surface area contributed by atoms with E-state index in [-0.39, 0.29) is 23.7 Å². The molecule has 1 aliphatic heterocycles. The lowest BCUT2D eigenvalue weighted by Gasteiger charge is -2.35. The number of benzene rings is 2. The largest absolute Gasteiger partial charge is 0.394 e. The second-order valence-corrected chi connectivity index (χ2v) is 6.61. The van der Waals surface area contributed by atoms with E-state index in [1.54, 1.807) is 0 Å². The zero-order chi connectivity index (χ0) is 17.6. The molecule has 0 bridgehead atoms. The van der Waals surface area contributed by atoms with Gasteiger partial charge in [0.2, 0.25) is 0 Å². The minimum atomic E-state index is -0.656. The summed E-state index contributed by atoms with van der Waals surface area (Å²) < 4.78 is 14.1. The molecule has 25 heavy (non-hydrogen) atoms. The van der Waals surface area contributed by atoms with Gasteiger partial charge in [-0.05, 0) is 30.2 Å². The second-order valence-electron chi connectivity index (χ2n) is 6.20. The number of hydrogen-bond donors (Lipinski definition) is 2. The van der Waals surface area contributed by atoms with Crippen molar-refractivity contribution >= 4 is 28.4 Å². The van der Waals surface area contributed by atoms with Gasteiger partial charge in [-0.15, -0.1) is 0 Å². The topological polar surface area (TPSA) is 56.3 Å². The number of H-pyrrole nitrogens is 1. The number of nitrogens with one attached hydrogen (secondary N) is 1. The van der Waals surface area contributed by atoms with Gasteiger partial charge >= 0.3 is 0 Å². The molecule has 1 aromatic heterocycles. The van der Waals surface area contributed by atoms with Gasteiger partial charge in [0.05, 0.1) is 29.8 Å². The second kappa shape index (κ2) is 6.17. The normalized spacial score (nSPS) is 16.9. The van der Waals surface area contributed by atoms with Crippen LogP contribution in [-0.2, 0) is 13.0 Å². The van der Waals surface area contributed by atoms with Crippen LogP contribution in [-0.4, -0.2) is 33.5 Å². The van der Waals surface area contributed by atoms with Crippen LogP contribution in [0.4, 0.5) is 4.39 Å². The Balaban J connectivity index is 1.76. The first-order valence-corrected chi connectivity index (χ1v) is 8.42. The summed E-state index contributed by atoms with van der Waals surface area (Å²) in [5, 5.41) is 11.0. The maximum Gasteiger partial charge on any atom is 0.259 e. The maximum atomic E-state index is 14.1. The Morgan fingerprint density at radius 3 is 2.84 bits per heavy atom. The quantitative estimate of drug-likeness (QED) is 0.736. The van der Waals surface area contributed by atoms with Gasteiger partial charge in [-0.1, -0.05) is 35.9 Å². The molecular weight excluding hydrogens is 343 g/mol. The Labute approximate surface area is 148 Å². The molecule has 1 amide bonds. The Morgan fingerprint density at radius 1 is 1.28 bits per heavy atom. The summed E-state index contributed by atoms with van der Waals surface area (Å²) in [6.45, 7) is 0.0789. The van der Waals surface area contributed by atoms with E-state index in [1.807, 2.05) is 24.3 Å². The van der Waals surface area contributed by atoms with Gasteiger partial charge in [-0.2, -0.15) is 0 Å². The van der Waals surface area contributed by atoms with Crippen LogP contribution < -0.4 is 0 Å². The van der Waals surface area contributed by atoms with Crippen molar-refractivity contribution in [2.24, 2.45) is 0 Å². The van der Waals surface area contributed by atoms with Crippen LogP contribution >= 0.6 is 11.6 Å². The first-order chi connectivity index (χ1) is 12.1. The van der Waals surface area contributed by atoms with Gasteiger partial charge in [0.25, 0.3) is 5.91 Å². The highest BCUT2D eigenvalue weighted by Gasteiger charge is 2.33. The van der Waals surface area contributed by atoms with E-state index in [0.717, 1.165) is 22.2 Å². The van der Waals surface area contributed by atoms with Crippen molar-refractivity contribution in [3.63, 3.8) is 0 Å². The highest BCUT2D eigenvalue weighted by Crippen LogP contribution is 2.32. The number of hydrogen-bond acceptors (Lipinski definition) is 2. The molecule has 4 nitrogen and oxygen atoms in total. The smallest absolute Gasteiger partial charge is 0.259 e. The predicted molar refractivity (Wildman–Crippen MR) is 94.2 cm³/mol. The van der Waals surface area contributed by atoms with Gasteiger partial charge in [0, 0.05) is 16.6 Å². The highest BCUT2D eigenvalue weighted by molar-refractivity contribution is 6.33. The minimum absolute atomic E-state index is 0.0733. The molecule has 128 valence electrons. The van der Waals surface area contributed by atoms with E-state index in [2.05, 4.69) is 4.98 Å². The van der Waals surface area contributed by atoms with Crippen LogP contribution in [0, 0.1) is 5.82 Å². The Bertz CT molecular complexity index is 949. The van der Waals surface area contributed by atoms with Crippen LogP contribution in [0.2, 0.25) is 5.02 Å². The number of halogens is 2. The van der Waals surface area contributed by atoms with E-state index in [1.165, 1.54) is 23.1 Å². The average Bonchev–Trinajstić information content (AvgIpc) is 2.97. The lowest BCUT2D eigenvalue weighted by molar-refractivity contribution is 0.0537. The van der Waals surface area contributed by atoms with Crippen LogP contribution in [0.5, 0.6) is 0 Å². The minimum Gasteiger partial charge on any atom is -0.394 e. The third-order valence-corrected chi connectivity index (χ3v) is 5.07. The van der Waals surface area contributed by atoms with E-state index in [0.29, 0.717) is 6.42 Å². The molecule has 0 saturated carbocycles. The number of nitrogens with zero attached hydrogens (tertiary/aromatic N) is 1. The molecule has 4 rings (SSSR count). The van der Waals surface area contributed by atoms with Crippen LogP contribution in [0.3, 0.4) is 0 Å². The molecule has 2 heterocycles. The lowest BCUT2D eigenvalue weighted by Crippen LogP contribution is -2.46. The van der Waals surface area contributed by atoms with Crippen molar-refractivity contribution in [1.29, 1.82) is 0 Å². The van der Waals surface area contributed by atoms with Crippen LogP contribution in [0.15, 0.2) is 42.5 Å². The van der Waals surface area contributed by atoms with Crippen molar-refractivity contribution in [3.05, 3.63) is 70.1 Å². The summed E-state index contributed by atoms with van der Waals surface area (Å²) in [6.07, 6.45) is 0.508. The van der Waals surface area contributed by atoms with Crippen LogP contribution in [0.25, 0.3) is 10.9 Å². The molecule has 0 spiro atoms. The van der Waals surface area contributed by atoms with Crippen LogP contribution in [0.1, 0.15) is 21.6 Å². The first-order valence-electron chi connectivity index (χ1n) is 8.04. The Kier molecular flexibility index (Phi) is 3.98. The molecule has 0 aliphatic carbocycles. The molecule has 1 atom stereocenters. The standard InChI is InChI=1S/C19H16ClFN2O2/c20-14-5-3-6-15(21)18(14)19(25)23-9-17-13(8-11(23)10-24)12-4-1-2-7-16(12)22-17/h1-7,11,22,24H,8-10H2. The highest BCUT2D eigenvalue weighted by atomic mass is 35.5. The van der Waals surface area contributed by atoms with Gasteiger partial charge in [-0.25, -0.2) is 4.39 Å². The van der Waals surface area contributed by atoms with E-state index in [4.69, 9.17) is 11.6 Å². The van der Waals surface area contributed by atoms with Crippen molar-refractivity contribution in [2.45, 2.75) is 19.0 Å². The van der Waals surface area contributed by atoms with Crippen molar-refractivity contribution < 1.29 is 14.3 Å². The number of carbonyl (C=O) groups is 1. The predicted octanol–water partition coefficient (Wildman–Crippen LogP) is 3.52. The fourth-order valence-electron chi connectivity index (χ4n) is 3.52. The van der Waals surface area contributed by atoms with Crippen molar-refractivity contribution in [2.75, 3.05) is 6.61 Å². The summed E-state index contributed by atoms with van der Waals surface area (Å²) in [6, 6.07) is 11.6. The monoisotopic (exact) mass is 358 g/mol. The van der Waals surface area contributed by atoms with Gasteiger partial charge < -0.3 is 15.0 Å². The van der Waals surface area contributed by atoms with E-state index < -0.39 is 17.8 Å². The molecule has 2 N–H and O–H groups in total. The van der Waals surface area contributed by atoms with Gasteiger partial charge in [-0.3, -0.25) is 4.79 Å². The molecule has 1 unspecified atom stereocenters. The molecule has 0 radical (unpaired) electrons. The summed E-state index contributed by atoms with van der Waals surface area (Å²) in [7, 11) is 0. The molecule has 2 aromatic carbocycles. The number of aromatic nitrogens is 1. The third-order valence-electron chi connectivity index (χ3n) is 4.76.